The van der Waals surface area contributed by atoms with Gasteiger partial charge in [-0.3, -0.25) is 19.3 Å². The van der Waals surface area contributed by atoms with Crippen LogP contribution in [0.5, 0.6) is 0 Å². The van der Waals surface area contributed by atoms with E-state index in [-0.39, 0.29) is 53.4 Å². The Morgan fingerprint density at radius 2 is 1.59 bits per heavy atom. The van der Waals surface area contributed by atoms with Gasteiger partial charge in [0.1, 0.15) is 0 Å². The highest BCUT2D eigenvalue weighted by Crippen LogP contribution is 2.55. The van der Waals surface area contributed by atoms with Gasteiger partial charge in [0.25, 0.3) is 0 Å². The first-order valence-corrected chi connectivity index (χ1v) is 11.3. The Morgan fingerprint density at radius 1 is 0.969 bits per heavy atom. The minimum atomic E-state index is -0.643. The zero-order chi connectivity index (χ0) is 22.6. The second-order valence-electron chi connectivity index (χ2n) is 8.53. The van der Waals surface area contributed by atoms with Crippen LogP contribution in [0.2, 0.25) is 0 Å². The standard InChI is InChI=1S/C25H20BrNO5/c1-13-10-16-11-19(13)22-21(16)23(29)27(24(22)30)18-8-4-15(5-9-18)25(31)32-12-20(28)14-2-6-17(26)7-3-14/h2-10,16,19,21-22H,11-12H2,1H3/t16-,19+,21-,22+/m0/s1. The number of esters is 1. The Labute approximate surface area is 193 Å². The average Bonchev–Trinajstić information content (AvgIpc) is 3.42. The van der Waals surface area contributed by atoms with Crippen LogP contribution in [0.1, 0.15) is 34.1 Å². The number of carbonyl (C=O) groups is 4. The van der Waals surface area contributed by atoms with Crippen molar-refractivity contribution in [1.82, 2.24) is 0 Å². The summed E-state index contributed by atoms with van der Waals surface area (Å²) >= 11 is 3.31. The molecule has 1 heterocycles. The van der Waals surface area contributed by atoms with Crippen molar-refractivity contribution in [3.63, 3.8) is 0 Å². The smallest absolute Gasteiger partial charge is 0.338 e. The largest absolute Gasteiger partial charge is 0.454 e. The number of hydrogen-bond donors (Lipinski definition) is 0. The summed E-state index contributed by atoms with van der Waals surface area (Å²) in [5.74, 6) is -1.51. The molecule has 2 fully saturated rings. The van der Waals surface area contributed by atoms with E-state index in [1.54, 1.807) is 36.4 Å². The molecule has 32 heavy (non-hydrogen) atoms. The zero-order valence-electron chi connectivity index (χ0n) is 17.3. The number of imide groups is 1. The number of carbonyl (C=O) groups excluding carboxylic acids is 4. The third-order valence-corrected chi connectivity index (χ3v) is 7.27. The number of amides is 2. The Hall–Kier alpha value is -3.06. The number of benzene rings is 2. The number of hydrogen-bond acceptors (Lipinski definition) is 5. The van der Waals surface area contributed by atoms with E-state index < -0.39 is 5.97 Å². The lowest BCUT2D eigenvalue weighted by molar-refractivity contribution is -0.123. The minimum absolute atomic E-state index is 0.143. The molecule has 7 heteroatoms. The summed E-state index contributed by atoms with van der Waals surface area (Å²) in [7, 11) is 0. The van der Waals surface area contributed by atoms with E-state index in [1.165, 1.54) is 22.6 Å². The number of fused-ring (bicyclic) bond motifs is 5. The molecule has 0 radical (unpaired) electrons. The fourth-order valence-corrected chi connectivity index (χ4v) is 5.47. The first-order chi connectivity index (χ1) is 15.3. The maximum Gasteiger partial charge on any atom is 0.338 e. The van der Waals surface area contributed by atoms with Crippen LogP contribution in [-0.2, 0) is 14.3 Å². The summed E-state index contributed by atoms with van der Waals surface area (Å²) in [6.45, 7) is 1.66. The van der Waals surface area contributed by atoms with Crippen molar-refractivity contribution in [3.05, 3.63) is 75.8 Å². The monoisotopic (exact) mass is 493 g/mol. The summed E-state index contributed by atoms with van der Waals surface area (Å²) in [4.78, 5) is 51.8. The molecule has 1 saturated carbocycles. The van der Waals surface area contributed by atoms with Gasteiger partial charge in [-0.1, -0.05) is 39.7 Å². The molecule has 6 nitrogen and oxygen atoms in total. The Morgan fingerprint density at radius 3 is 2.28 bits per heavy atom. The molecule has 0 spiro atoms. The predicted molar refractivity (Wildman–Crippen MR) is 120 cm³/mol. The number of ether oxygens (including phenoxy) is 1. The molecule has 0 unspecified atom stereocenters. The van der Waals surface area contributed by atoms with Gasteiger partial charge in [-0.2, -0.15) is 0 Å². The van der Waals surface area contributed by atoms with Crippen molar-refractivity contribution in [2.24, 2.45) is 23.7 Å². The van der Waals surface area contributed by atoms with Gasteiger partial charge >= 0.3 is 5.97 Å². The molecule has 2 aromatic carbocycles. The van der Waals surface area contributed by atoms with Gasteiger partial charge in [-0.05, 0) is 61.6 Å². The molecule has 2 aromatic rings. The van der Waals surface area contributed by atoms with Gasteiger partial charge in [0.2, 0.25) is 11.8 Å². The Kier molecular flexibility index (Phi) is 5.08. The quantitative estimate of drug-likeness (QED) is 0.270. The first-order valence-electron chi connectivity index (χ1n) is 10.5. The third-order valence-electron chi connectivity index (χ3n) is 6.74. The number of allylic oxidation sites excluding steroid dienone is 2. The van der Waals surface area contributed by atoms with Crippen LogP contribution >= 0.6 is 15.9 Å². The first kappa shape index (κ1) is 20.8. The van der Waals surface area contributed by atoms with Crippen LogP contribution in [0.15, 0.2) is 64.7 Å². The number of anilines is 1. The summed E-state index contributed by atoms with van der Waals surface area (Å²) in [6.07, 6.45) is 3.02. The highest BCUT2D eigenvalue weighted by Gasteiger charge is 2.60. The Bertz CT molecular complexity index is 1170. The van der Waals surface area contributed by atoms with Gasteiger partial charge in [0.15, 0.2) is 12.4 Å². The number of ketones is 1. The zero-order valence-corrected chi connectivity index (χ0v) is 18.9. The summed E-state index contributed by atoms with van der Waals surface area (Å²) in [5.41, 5.74) is 2.35. The molecule has 1 saturated heterocycles. The molecule has 1 aliphatic heterocycles. The van der Waals surface area contributed by atoms with Crippen molar-refractivity contribution in [1.29, 1.82) is 0 Å². The van der Waals surface area contributed by atoms with Crippen LogP contribution in [0.4, 0.5) is 5.69 Å². The third kappa shape index (κ3) is 3.32. The summed E-state index contributed by atoms with van der Waals surface area (Å²) in [6, 6.07) is 13.0. The number of Topliss-reactive ketones (excluding diaryl/α,β-unsaturated/α-hetero) is 1. The molecular weight excluding hydrogens is 474 g/mol. The van der Waals surface area contributed by atoms with Gasteiger partial charge in [0, 0.05) is 10.0 Å². The number of halogens is 1. The van der Waals surface area contributed by atoms with Crippen LogP contribution in [0, 0.1) is 23.7 Å². The predicted octanol–water partition coefficient (Wildman–Crippen LogP) is 4.19. The highest BCUT2D eigenvalue weighted by atomic mass is 79.9. The van der Waals surface area contributed by atoms with E-state index in [0.29, 0.717) is 11.3 Å². The molecule has 3 aliphatic rings. The molecule has 2 aliphatic carbocycles. The van der Waals surface area contributed by atoms with Gasteiger partial charge in [-0.25, -0.2) is 4.79 Å². The van der Waals surface area contributed by atoms with Crippen molar-refractivity contribution in [3.8, 4) is 0 Å². The Balaban J connectivity index is 1.25. The van der Waals surface area contributed by atoms with Crippen LogP contribution in [0.3, 0.4) is 0 Å². The molecule has 2 amide bonds. The molecular formula is C25H20BrNO5. The van der Waals surface area contributed by atoms with Crippen LogP contribution < -0.4 is 4.90 Å². The van der Waals surface area contributed by atoms with Gasteiger partial charge < -0.3 is 4.74 Å². The van der Waals surface area contributed by atoms with E-state index in [9.17, 15) is 19.2 Å². The SMILES string of the molecule is CC1=C[C@H]2C[C@H]1[C@H]1C(=O)N(c3ccc(C(=O)OCC(=O)c4ccc(Br)cc4)cc3)C(=O)[C@H]12. The maximum absolute atomic E-state index is 13.0. The molecule has 2 bridgehead atoms. The van der Waals surface area contributed by atoms with Crippen LogP contribution in [0.25, 0.3) is 0 Å². The normalized spacial score (nSPS) is 25.7. The van der Waals surface area contributed by atoms with E-state index >= 15 is 0 Å². The van der Waals surface area contributed by atoms with Crippen molar-refractivity contribution >= 4 is 45.2 Å². The van der Waals surface area contributed by atoms with Gasteiger partial charge in [-0.15, -0.1) is 0 Å². The lowest BCUT2D eigenvalue weighted by Crippen LogP contribution is -2.32. The fraction of sp³-hybridized carbons (Fsp3) is 0.280. The average molecular weight is 494 g/mol. The summed E-state index contributed by atoms with van der Waals surface area (Å²) < 4.78 is 5.99. The maximum atomic E-state index is 13.0. The minimum Gasteiger partial charge on any atom is -0.454 e. The molecule has 0 N–H and O–H groups in total. The second kappa shape index (κ2) is 7.81. The van der Waals surface area contributed by atoms with Crippen LogP contribution in [-0.4, -0.2) is 30.2 Å². The van der Waals surface area contributed by atoms with Crippen molar-refractivity contribution in [2.45, 2.75) is 13.3 Å². The molecule has 162 valence electrons. The lowest BCUT2D eigenvalue weighted by Gasteiger charge is -2.19. The van der Waals surface area contributed by atoms with E-state index in [2.05, 4.69) is 22.0 Å². The van der Waals surface area contributed by atoms with Crippen molar-refractivity contribution < 1.29 is 23.9 Å². The van der Waals surface area contributed by atoms with E-state index in [0.717, 1.165) is 10.9 Å². The van der Waals surface area contributed by atoms with E-state index in [4.69, 9.17) is 4.74 Å². The second-order valence-corrected chi connectivity index (χ2v) is 9.45. The van der Waals surface area contributed by atoms with E-state index in [1.807, 2.05) is 6.92 Å². The molecule has 4 atom stereocenters. The lowest BCUT2D eigenvalue weighted by atomic mass is 9.82. The van der Waals surface area contributed by atoms with Gasteiger partial charge in [0.05, 0.1) is 23.1 Å². The number of nitrogens with zero attached hydrogens (tertiary/aromatic N) is 1. The summed E-state index contributed by atoms with van der Waals surface area (Å²) in [5, 5.41) is 0. The topological polar surface area (TPSA) is 80.8 Å². The highest BCUT2D eigenvalue weighted by molar-refractivity contribution is 9.10. The number of rotatable bonds is 5. The molecule has 0 aromatic heterocycles. The molecule has 5 rings (SSSR count). The van der Waals surface area contributed by atoms with Crippen molar-refractivity contribution in [2.75, 3.05) is 11.5 Å². The fourth-order valence-electron chi connectivity index (χ4n) is 5.21.